The van der Waals surface area contributed by atoms with Crippen molar-refractivity contribution in [1.82, 2.24) is 14.8 Å². The molecule has 5 nitrogen and oxygen atoms in total. The van der Waals surface area contributed by atoms with Crippen molar-refractivity contribution in [3.05, 3.63) is 23.5 Å². The SMILES string of the molecule is CN(C)NS(=O)(=O)c1ccnc(Cl)c1. The van der Waals surface area contributed by atoms with Crippen LogP contribution in [0.25, 0.3) is 0 Å². The van der Waals surface area contributed by atoms with Crippen molar-refractivity contribution in [1.29, 1.82) is 0 Å². The zero-order chi connectivity index (χ0) is 10.8. The van der Waals surface area contributed by atoms with Crippen LogP contribution in [-0.4, -0.2) is 32.5 Å². The van der Waals surface area contributed by atoms with Crippen molar-refractivity contribution in [2.75, 3.05) is 14.1 Å². The van der Waals surface area contributed by atoms with Crippen LogP contribution >= 0.6 is 11.6 Å². The van der Waals surface area contributed by atoms with Crippen LogP contribution < -0.4 is 4.83 Å². The zero-order valence-electron chi connectivity index (χ0n) is 7.73. The van der Waals surface area contributed by atoms with Gasteiger partial charge in [0.1, 0.15) is 5.15 Å². The molecule has 0 aliphatic heterocycles. The van der Waals surface area contributed by atoms with Crippen LogP contribution in [0.1, 0.15) is 0 Å². The highest BCUT2D eigenvalue weighted by Gasteiger charge is 2.14. The Balaban J connectivity index is 3.05. The molecule has 0 atom stereocenters. The predicted molar refractivity (Wildman–Crippen MR) is 53.3 cm³/mol. The van der Waals surface area contributed by atoms with Gasteiger partial charge in [0, 0.05) is 20.3 Å². The lowest BCUT2D eigenvalue weighted by Crippen LogP contribution is -2.36. The second-order valence-electron chi connectivity index (χ2n) is 2.80. The van der Waals surface area contributed by atoms with Gasteiger partial charge in [0.15, 0.2) is 0 Å². The average Bonchev–Trinajstić information content (AvgIpc) is 2.01. The molecule has 1 aromatic heterocycles. The minimum Gasteiger partial charge on any atom is -0.244 e. The van der Waals surface area contributed by atoms with Crippen LogP contribution in [0.15, 0.2) is 23.2 Å². The fourth-order valence-corrected chi connectivity index (χ4v) is 2.18. The Morgan fingerprint density at radius 3 is 2.64 bits per heavy atom. The van der Waals surface area contributed by atoms with E-state index in [0.717, 1.165) is 0 Å². The van der Waals surface area contributed by atoms with Gasteiger partial charge in [-0.15, -0.1) is 4.83 Å². The van der Waals surface area contributed by atoms with Gasteiger partial charge in [-0.2, -0.15) is 0 Å². The van der Waals surface area contributed by atoms with Gasteiger partial charge in [0.25, 0.3) is 10.0 Å². The molecule has 0 aromatic carbocycles. The van der Waals surface area contributed by atoms with E-state index in [9.17, 15) is 8.42 Å². The molecular weight excluding hydrogens is 226 g/mol. The van der Waals surface area contributed by atoms with Crippen molar-refractivity contribution >= 4 is 21.6 Å². The van der Waals surface area contributed by atoms with Crippen molar-refractivity contribution in [3.63, 3.8) is 0 Å². The lowest BCUT2D eigenvalue weighted by molar-refractivity contribution is 0.364. The summed E-state index contributed by atoms with van der Waals surface area (Å²) in [6.07, 6.45) is 1.34. The number of halogens is 1. The van der Waals surface area contributed by atoms with Gasteiger partial charge < -0.3 is 0 Å². The summed E-state index contributed by atoms with van der Waals surface area (Å²) in [6, 6.07) is 2.66. The van der Waals surface area contributed by atoms with Crippen LogP contribution in [-0.2, 0) is 10.0 Å². The lowest BCUT2D eigenvalue weighted by atomic mass is 10.5. The van der Waals surface area contributed by atoms with Gasteiger partial charge >= 0.3 is 0 Å². The van der Waals surface area contributed by atoms with Gasteiger partial charge in [-0.3, -0.25) is 0 Å². The van der Waals surface area contributed by atoms with E-state index in [2.05, 4.69) is 9.82 Å². The lowest BCUT2D eigenvalue weighted by Gasteiger charge is -2.12. The standard InChI is InChI=1S/C7H10ClN3O2S/c1-11(2)10-14(12,13)6-3-4-9-7(8)5-6/h3-5,10H,1-2H3. The number of sulfonamides is 1. The van der Waals surface area contributed by atoms with Crippen molar-refractivity contribution in [2.45, 2.75) is 4.90 Å². The van der Waals surface area contributed by atoms with E-state index in [-0.39, 0.29) is 10.0 Å². The summed E-state index contributed by atoms with van der Waals surface area (Å²) < 4.78 is 23.1. The molecular formula is C7H10ClN3O2S. The Hall–Kier alpha value is -0.690. The second kappa shape index (κ2) is 4.22. The number of nitrogens with one attached hydrogen (secondary N) is 1. The first kappa shape index (κ1) is 11.4. The molecule has 1 rings (SSSR count). The molecule has 0 spiro atoms. The first-order chi connectivity index (χ1) is 6.42. The zero-order valence-corrected chi connectivity index (χ0v) is 9.30. The smallest absolute Gasteiger partial charge is 0.244 e. The largest absolute Gasteiger partial charge is 0.253 e. The van der Waals surface area contributed by atoms with Gasteiger partial charge in [-0.05, 0) is 12.1 Å². The van der Waals surface area contributed by atoms with E-state index in [1.807, 2.05) is 0 Å². The van der Waals surface area contributed by atoms with Gasteiger partial charge in [0.2, 0.25) is 0 Å². The summed E-state index contributed by atoms with van der Waals surface area (Å²) in [5.41, 5.74) is 0. The minimum absolute atomic E-state index is 0.0891. The Morgan fingerprint density at radius 2 is 2.14 bits per heavy atom. The number of rotatable bonds is 3. The molecule has 0 saturated carbocycles. The van der Waals surface area contributed by atoms with E-state index in [4.69, 9.17) is 11.6 Å². The molecule has 7 heteroatoms. The molecule has 0 bridgehead atoms. The van der Waals surface area contributed by atoms with Crippen LogP contribution in [0.2, 0.25) is 5.15 Å². The third kappa shape index (κ3) is 2.91. The first-order valence-electron chi connectivity index (χ1n) is 3.73. The molecule has 0 aliphatic rings. The number of nitrogens with zero attached hydrogens (tertiary/aromatic N) is 2. The third-order valence-electron chi connectivity index (χ3n) is 1.31. The van der Waals surface area contributed by atoms with Crippen LogP contribution in [0.5, 0.6) is 0 Å². The van der Waals surface area contributed by atoms with Crippen LogP contribution in [0.3, 0.4) is 0 Å². The Morgan fingerprint density at radius 1 is 1.50 bits per heavy atom. The maximum atomic E-state index is 11.6. The molecule has 1 N–H and O–H groups in total. The van der Waals surface area contributed by atoms with Crippen LogP contribution in [0, 0.1) is 0 Å². The summed E-state index contributed by atoms with van der Waals surface area (Å²) in [4.78, 5) is 6.06. The second-order valence-corrected chi connectivity index (χ2v) is 4.85. The number of aromatic nitrogens is 1. The summed E-state index contributed by atoms with van der Waals surface area (Å²) in [7, 11) is -0.363. The minimum atomic E-state index is -3.53. The van der Waals surface area contributed by atoms with Crippen molar-refractivity contribution < 1.29 is 8.42 Å². The van der Waals surface area contributed by atoms with E-state index in [0.29, 0.717) is 0 Å². The van der Waals surface area contributed by atoms with Gasteiger partial charge in [-0.1, -0.05) is 11.6 Å². The fraction of sp³-hybridized carbons (Fsp3) is 0.286. The summed E-state index contributed by atoms with van der Waals surface area (Å²) in [5, 5.41) is 1.48. The summed E-state index contributed by atoms with van der Waals surface area (Å²) >= 11 is 5.57. The average molecular weight is 236 g/mol. The number of hydrogen-bond acceptors (Lipinski definition) is 4. The first-order valence-corrected chi connectivity index (χ1v) is 5.59. The molecule has 0 aliphatic carbocycles. The molecule has 14 heavy (non-hydrogen) atoms. The molecule has 0 saturated heterocycles. The van der Waals surface area contributed by atoms with Crippen LogP contribution in [0.4, 0.5) is 0 Å². The molecule has 1 aromatic rings. The Labute approximate surface area is 87.7 Å². The third-order valence-corrected chi connectivity index (χ3v) is 3.00. The maximum absolute atomic E-state index is 11.6. The molecule has 0 amide bonds. The van der Waals surface area contributed by atoms with E-state index in [1.54, 1.807) is 14.1 Å². The highest BCUT2D eigenvalue weighted by molar-refractivity contribution is 7.89. The highest BCUT2D eigenvalue weighted by Crippen LogP contribution is 2.12. The molecule has 1 heterocycles. The number of pyridine rings is 1. The van der Waals surface area contributed by atoms with Gasteiger partial charge in [-0.25, -0.2) is 18.4 Å². The molecule has 0 radical (unpaired) electrons. The predicted octanol–water partition coefficient (Wildman–Crippen LogP) is 0.490. The van der Waals surface area contributed by atoms with E-state index in [1.165, 1.54) is 23.3 Å². The van der Waals surface area contributed by atoms with Crippen molar-refractivity contribution in [3.8, 4) is 0 Å². The van der Waals surface area contributed by atoms with Crippen molar-refractivity contribution in [2.24, 2.45) is 0 Å². The monoisotopic (exact) mass is 235 g/mol. The summed E-state index contributed by atoms with van der Waals surface area (Å²) in [5.74, 6) is 0. The quantitative estimate of drug-likeness (QED) is 0.612. The normalized spacial score (nSPS) is 12.0. The molecule has 78 valence electrons. The topological polar surface area (TPSA) is 62.3 Å². The molecule has 0 fully saturated rings. The van der Waals surface area contributed by atoms with E-state index < -0.39 is 10.0 Å². The fourth-order valence-electron chi connectivity index (χ4n) is 0.845. The number of hydrogen-bond donors (Lipinski definition) is 1. The summed E-state index contributed by atoms with van der Waals surface area (Å²) in [6.45, 7) is 0. The Kier molecular flexibility index (Phi) is 3.43. The maximum Gasteiger partial charge on any atom is 0.253 e. The van der Waals surface area contributed by atoms with E-state index >= 15 is 0 Å². The van der Waals surface area contributed by atoms with Gasteiger partial charge in [0.05, 0.1) is 4.90 Å². The number of hydrazine groups is 1. The Bertz CT molecular complexity index is 419. The highest BCUT2D eigenvalue weighted by atomic mass is 35.5. The molecule has 0 unspecified atom stereocenters.